The summed E-state index contributed by atoms with van der Waals surface area (Å²) < 4.78 is 7.79. The smallest absolute Gasteiger partial charge is 0.216 e. The van der Waals surface area contributed by atoms with Gasteiger partial charge in [0.25, 0.3) is 0 Å². The molecule has 0 unspecified atom stereocenters. The average molecular weight is 409 g/mol. The van der Waals surface area contributed by atoms with Crippen molar-refractivity contribution in [1.29, 1.82) is 0 Å². The van der Waals surface area contributed by atoms with Gasteiger partial charge in [0, 0.05) is 44.5 Å². The minimum absolute atomic E-state index is 0.377. The first-order chi connectivity index (χ1) is 14.4. The second kappa shape index (κ2) is 9.61. The van der Waals surface area contributed by atoms with Gasteiger partial charge in [0.1, 0.15) is 6.54 Å². The molecule has 3 aromatic rings. The van der Waals surface area contributed by atoms with E-state index >= 15 is 0 Å². The number of aryl methyl sites for hydroxylation is 2. The molecule has 0 atom stereocenters. The summed E-state index contributed by atoms with van der Waals surface area (Å²) in [7, 11) is 3.99. The molecule has 0 radical (unpaired) electrons. The quantitative estimate of drug-likeness (QED) is 0.471. The van der Waals surface area contributed by atoms with Crippen LogP contribution in [0.4, 0.5) is 0 Å². The highest BCUT2D eigenvalue weighted by Crippen LogP contribution is 2.21. The number of nitrogens with zero attached hydrogens (tertiary/aromatic N) is 5. The molecule has 0 aliphatic rings. The van der Waals surface area contributed by atoms with Crippen LogP contribution < -0.4 is 5.32 Å². The summed E-state index contributed by atoms with van der Waals surface area (Å²) in [5, 5.41) is 7.96. The van der Waals surface area contributed by atoms with Crippen LogP contribution in [0.1, 0.15) is 49.4 Å². The number of oxazole rings is 1. The lowest BCUT2D eigenvalue weighted by molar-refractivity contribution is 0.466. The highest BCUT2D eigenvalue weighted by molar-refractivity contribution is 5.79. The molecule has 30 heavy (non-hydrogen) atoms. The van der Waals surface area contributed by atoms with Crippen LogP contribution in [0.2, 0.25) is 0 Å². The maximum absolute atomic E-state index is 5.91. The molecule has 2 aromatic heterocycles. The zero-order valence-corrected chi connectivity index (χ0v) is 18.8. The van der Waals surface area contributed by atoms with Gasteiger partial charge in [-0.1, -0.05) is 43.7 Å². The van der Waals surface area contributed by atoms with E-state index in [2.05, 4.69) is 66.3 Å². The van der Waals surface area contributed by atoms with Crippen LogP contribution in [0, 0.1) is 6.92 Å². The van der Waals surface area contributed by atoms with E-state index in [1.54, 1.807) is 6.20 Å². The Morgan fingerprint density at radius 3 is 2.67 bits per heavy atom. The van der Waals surface area contributed by atoms with Gasteiger partial charge in [-0.25, -0.2) is 9.98 Å². The van der Waals surface area contributed by atoms with Gasteiger partial charge < -0.3 is 14.6 Å². The van der Waals surface area contributed by atoms with Crippen molar-refractivity contribution < 1.29 is 4.42 Å². The van der Waals surface area contributed by atoms with Crippen molar-refractivity contribution in [3.63, 3.8) is 0 Å². The van der Waals surface area contributed by atoms with Gasteiger partial charge in [0.05, 0.1) is 11.9 Å². The van der Waals surface area contributed by atoms with Crippen LogP contribution in [0.15, 0.2) is 46.1 Å². The highest BCUT2D eigenvalue weighted by atomic mass is 16.4. The molecule has 0 spiro atoms. The van der Waals surface area contributed by atoms with E-state index in [0.717, 1.165) is 36.1 Å². The topological polar surface area (TPSA) is 71.5 Å². The second-order valence-corrected chi connectivity index (χ2v) is 7.88. The van der Waals surface area contributed by atoms with E-state index in [4.69, 9.17) is 9.41 Å². The van der Waals surface area contributed by atoms with Crippen molar-refractivity contribution in [2.45, 2.75) is 46.7 Å². The van der Waals surface area contributed by atoms with Crippen molar-refractivity contribution in [1.82, 2.24) is 25.0 Å². The standard InChI is InChI=1S/C23H32N6O/c1-7-24-23(28(5)14-19-15-29(6)27-22(19)16(2)3)26-13-21-25-12-20(30-21)18-10-8-17(4)9-11-18/h8-12,15-16H,7,13-14H2,1-6H3,(H,24,26). The van der Waals surface area contributed by atoms with Crippen molar-refractivity contribution in [3.05, 3.63) is 59.4 Å². The molecule has 160 valence electrons. The summed E-state index contributed by atoms with van der Waals surface area (Å²) in [4.78, 5) is 11.2. The number of hydrogen-bond donors (Lipinski definition) is 1. The second-order valence-electron chi connectivity index (χ2n) is 7.88. The van der Waals surface area contributed by atoms with Gasteiger partial charge in [0.15, 0.2) is 11.7 Å². The highest BCUT2D eigenvalue weighted by Gasteiger charge is 2.15. The summed E-state index contributed by atoms with van der Waals surface area (Å²) in [5.41, 5.74) is 4.56. The molecule has 0 saturated carbocycles. The Bertz CT molecular complexity index is 984. The normalized spacial score (nSPS) is 11.9. The Labute approximate surface area is 178 Å². The van der Waals surface area contributed by atoms with Crippen LogP contribution in [-0.2, 0) is 20.1 Å². The Hall–Kier alpha value is -3.09. The first kappa shape index (κ1) is 21.6. The lowest BCUT2D eigenvalue weighted by Crippen LogP contribution is -2.38. The van der Waals surface area contributed by atoms with Gasteiger partial charge in [-0.3, -0.25) is 4.68 Å². The monoisotopic (exact) mass is 408 g/mol. The summed E-state index contributed by atoms with van der Waals surface area (Å²) in [6.45, 7) is 10.4. The molecule has 0 saturated heterocycles. The fraction of sp³-hybridized carbons (Fsp3) is 0.435. The lowest BCUT2D eigenvalue weighted by atomic mass is 10.1. The molecule has 1 N–H and O–H groups in total. The zero-order chi connectivity index (χ0) is 21.7. The molecule has 0 bridgehead atoms. The number of guanidine groups is 1. The molecule has 0 fully saturated rings. The molecule has 0 aliphatic carbocycles. The number of hydrogen-bond acceptors (Lipinski definition) is 4. The molecular weight excluding hydrogens is 376 g/mol. The molecule has 0 amide bonds. The molecule has 7 heteroatoms. The van der Waals surface area contributed by atoms with Crippen LogP contribution in [0.25, 0.3) is 11.3 Å². The minimum Gasteiger partial charge on any atom is -0.439 e. The number of nitrogens with one attached hydrogen (secondary N) is 1. The Kier molecular flexibility index (Phi) is 6.92. The average Bonchev–Trinajstić information content (AvgIpc) is 3.32. The van der Waals surface area contributed by atoms with Crippen molar-refractivity contribution in [2.24, 2.45) is 12.0 Å². The molecular formula is C23H32N6O. The van der Waals surface area contributed by atoms with Gasteiger partial charge in [-0.05, 0) is 19.8 Å². The minimum atomic E-state index is 0.377. The van der Waals surface area contributed by atoms with E-state index in [0.29, 0.717) is 18.4 Å². The van der Waals surface area contributed by atoms with E-state index in [1.807, 2.05) is 30.9 Å². The summed E-state index contributed by atoms with van der Waals surface area (Å²) in [5.74, 6) is 2.54. The van der Waals surface area contributed by atoms with E-state index < -0.39 is 0 Å². The molecule has 1 aromatic carbocycles. The first-order valence-corrected chi connectivity index (χ1v) is 10.4. The predicted octanol–water partition coefficient (Wildman–Crippen LogP) is 4.10. The third-order valence-corrected chi connectivity index (χ3v) is 4.84. The van der Waals surface area contributed by atoms with Crippen molar-refractivity contribution in [3.8, 4) is 11.3 Å². The summed E-state index contributed by atoms with van der Waals surface area (Å²) in [6.07, 6.45) is 3.84. The number of benzene rings is 1. The molecule has 0 aliphatic heterocycles. The van der Waals surface area contributed by atoms with Crippen molar-refractivity contribution in [2.75, 3.05) is 13.6 Å². The molecule has 3 rings (SSSR count). The van der Waals surface area contributed by atoms with E-state index in [1.165, 1.54) is 11.1 Å². The van der Waals surface area contributed by atoms with Crippen LogP contribution in [0.3, 0.4) is 0 Å². The fourth-order valence-corrected chi connectivity index (χ4v) is 3.34. The van der Waals surface area contributed by atoms with Crippen molar-refractivity contribution >= 4 is 5.96 Å². The van der Waals surface area contributed by atoms with Gasteiger partial charge in [-0.2, -0.15) is 5.10 Å². The number of aromatic nitrogens is 3. The van der Waals surface area contributed by atoms with Crippen LogP contribution in [0.5, 0.6) is 0 Å². The Balaban J connectivity index is 1.72. The van der Waals surface area contributed by atoms with E-state index in [9.17, 15) is 0 Å². The zero-order valence-electron chi connectivity index (χ0n) is 18.8. The Morgan fingerprint density at radius 1 is 1.27 bits per heavy atom. The fourth-order valence-electron chi connectivity index (χ4n) is 3.34. The predicted molar refractivity (Wildman–Crippen MR) is 120 cm³/mol. The summed E-state index contributed by atoms with van der Waals surface area (Å²) in [6, 6.07) is 8.22. The van der Waals surface area contributed by atoms with Crippen LogP contribution >= 0.6 is 0 Å². The van der Waals surface area contributed by atoms with Gasteiger partial charge in [0.2, 0.25) is 5.89 Å². The first-order valence-electron chi connectivity index (χ1n) is 10.4. The molecule has 2 heterocycles. The van der Waals surface area contributed by atoms with Crippen LogP contribution in [-0.4, -0.2) is 39.2 Å². The largest absolute Gasteiger partial charge is 0.439 e. The molecule has 7 nitrogen and oxygen atoms in total. The third-order valence-electron chi connectivity index (χ3n) is 4.84. The Morgan fingerprint density at radius 2 is 2.00 bits per heavy atom. The lowest BCUT2D eigenvalue weighted by Gasteiger charge is -2.22. The number of aliphatic imine (C=N–C) groups is 1. The summed E-state index contributed by atoms with van der Waals surface area (Å²) >= 11 is 0. The SMILES string of the molecule is CCNC(=NCc1ncc(-c2ccc(C)cc2)o1)N(C)Cc1cn(C)nc1C(C)C. The maximum Gasteiger partial charge on any atom is 0.216 e. The third kappa shape index (κ3) is 5.28. The van der Waals surface area contributed by atoms with Gasteiger partial charge in [-0.15, -0.1) is 0 Å². The van der Waals surface area contributed by atoms with E-state index in [-0.39, 0.29) is 0 Å². The van der Waals surface area contributed by atoms with Gasteiger partial charge >= 0.3 is 0 Å². The maximum atomic E-state index is 5.91. The number of rotatable bonds is 7.